The van der Waals surface area contributed by atoms with Crippen molar-refractivity contribution in [1.82, 2.24) is 4.90 Å². The zero-order valence-corrected chi connectivity index (χ0v) is 12.7. The summed E-state index contributed by atoms with van der Waals surface area (Å²) in [4.78, 5) is 25.5. The van der Waals surface area contributed by atoms with Gasteiger partial charge in [0.25, 0.3) is 5.91 Å². The number of hydrogen-bond donors (Lipinski definition) is 1. The first kappa shape index (κ1) is 14.6. The second-order valence-corrected chi connectivity index (χ2v) is 5.97. The Labute approximate surface area is 128 Å². The topological polar surface area (TPSA) is 70.8 Å². The maximum atomic E-state index is 12.7. The van der Waals surface area contributed by atoms with E-state index in [1.807, 2.05) is 25.1 Å². The molecule has 5 heteroatoms. The number of carbonyl (C=O) groups excluding carboxylic acids is 1. The van der Waals surface area contributed by atoms with Gasteiger partial charge in [-0.05, 0) is 30.0 Å². The number of aryl methyl sites for hydroxylation is 1. The Morgan fingerprint density at radius 3 is 2.77 bits per heavy atom. The number of rotatable bonds is 3. The highest BCUT2D eigenvalue weighted by Gasteiger charge is 2.37. The van der Waals surface area contributed by atoms with Gasteiger partial charge in [-0.3, -0.25) is 9.59 Å². The van der Waals surface area contributed by atoms with E-state index in [1.165, 1.54) is 6.26 Å². The second-order valence-electron chi connectivity index (χ2n) is 5.97. The number of hydrogen-bond acceptors (Lipinski definition) is 3. The number of furan rings is 1. The summed E-state index contributed by atoms with van der Waals surface area (Å²) in [6.07, 6.45) is 2.36. The van der Waals surface area contributed by atoms with Gasteiger partial charge in [-0.25, -0.2) is 0 Å². The summed E-state index contributed by atoms with van der Waals surface area (Å²) >= 11 is 0. The third kappa shape index (κ3) is 2.36. The van der Waals surface area contributed by atoms with Crippen LogP contribution in [0.3, 0.4) is 0 Å². The molecule has 2 heterocycles. The van der Waals surface area contributed by atoms with Crippen molar-refractivity contribution in [1.29, 1.82) is 0 Å². The van der Waals surface area contributed by atoms with Gasteiger partial charge in [0, 0.05) is 18.5 Å². The van der Waals surface area contributed by atoms with Crippen LogP contribution >= 0.6 is 0 Å². The van der Waals surface area contributed by atoms with E-state index in [0.29, 0.717) is 17.7 Å². The number of nitrogens with zero attached hydrogens (tertiary/aromatic N) is 1. The van der Waals surface area contributed by atoms with Crippen LogP contribution in [0.25, 0.3) is 11.0 Å². The Morgan fingerprint density at radius 1 is 1.36 bits per heavy atom. The Balaban J connectivity index is 1.91. The monoisotopic (exact) mass is 301 g/mol. The number of carboxylic acid groups (broad SMARTS) is 1. The van der Waals surface area contributed by atoms with Gasteiger partial charge in [0.1, 0.15) is 11.8 Å². The van der Waals surface area contributed by atoms with Crippen LogP contribution in [0, 0.1) is 11.8 Å². The third-order valence-corrected chi connectivity index (χ3v) is 4.49. The lowest BCUT2D eigenvalue weighted by Crippen LogP contribution is -2.29. The molecular weight excluding hydrogens is 282 g/mol. The van der Waals surface area contributed by atoms with E-state index in [9.17, 15) is 14.7 Å². The van der Waals surface area contributed by atoms with Gasteiger partial charge in [0.05, 0.1) is 11.5 Å². The minimum absolute atomic E-state index is 0.0363. The minimum atomic E-state index is -0.840. The summed E-state index contributed by atoms with van der Waals surface area (Å²) < 4.78 is 5.47. The lowest BCUT2D eigenvalue weighted by molar-refractivity contribution is -0.142. The number of benzene rings is 1. The van der Waals surface area contributed by atoms with Gasteiger partial charge in [0.15, 0.2) is 0 Å². The molecule has 1 aliphatic rings. The first-order valence-corrected chi connectivity index (χ1v) is 7.53. The Bertz CT molecular complexity index is 733. The van der Waals surface area contributed by atoms with Crippen molar-refractivity contribution in [2.45, 2.75) is 20.3 Å². The molecule has 1 saturated heterocycles. The lowest BCUT2D eigenvalue weighted by Gasteiger charge is -2.15. The molecule has 2 atom stereocenters. The van der Waals surface area contributed by atoms with E-state index in [1.54, 1.807) is 4.90 Å². The van der Waals surface area contributed by atoms with Crippen LogP contribution in [-0.2, 0) is 11.2 Å². The normalized spacial score (nSPS) is 21.5. The standard InChI is InChI=1S/C17H19NO4/c1-3-11-4-5-15-12(6-11)14(9-22-15)16(19)18-7-10(2)13(8-18)17(20)21/h4-6,9-10,13H,3,7-8H2,1-2H3,(H,20,21)/t10-,13-/m1/s1. The molecule has 22 heavy (non-hydrogen) atoms. The quantitative estimate of drug-likeness (QED) is 0.946. The zero-order chi connectivity index (χ0) is 15.9. The van der Waals surface area contributed by atoms with Crippen LogP contribution in [0.1, 0.15) is 29.8 Å². The molecule has 0 unspecified atom stereocenters. The molecule has 0 spiro atoms. The van der Waals surface area contributed by atoms with Crippen molar-refractivity contribution in [2.24, 2.45) is 11.8 Å². The number of aliphatic carboxylic acids is 1. The van der Waals surface area contributed by atoms with Crippen molar-refractivity contribution in [2.75, 3.05) is 13.1 Å². The summed E-state index contributed by atoms with van der Waals surface area (Å²) in [5.74, 6) is -1.52. The van der Waals surface area contributed by atoms with E-state index < -0.39 is 11.9 Å². The highest BCUT2D eigenvalue weighted by Crippen LogP contribution is 2.28. The molecule has 3 rings (SSSR count). The summed E-state index contributed by atoms with van der Waals surface area (Å²) in [5, 5.41) is 10.00. The number of fused-ring (bicyclic) bond motifs is 1. The lowest BCUT2D eigenvalue weighted by atomic mass is 9.99. The Hall–Kier alpha value is -2.30. The van der Waals surface area contributed by atoms with Gasteiger partial charge in [-0.1, -0.05) is 19.9 Å². The molecule has 1 fully saturated rings. The molecule has 1 aromatic heterocycles. The molecule has 1 aromatic carbocycles. The van der Waals surface area contributed by atoms with E-state index in [0.717, 1.165) is 17.4 Å². The van der Waals surface area contributed by atoms with Gasteiger partial charge in [0.2, 0.25) is 0 Å². The first-order chi connectivity index (χ1) is 10.5. The van der Waals surface area contributed by atoms with Crippen molar-refractivity contribution in [3.05, 3.63) is 35.6 Å². The average Bonchev–Trinajstić information content (AvgIpc) is 3.09. The fraction of sp³-hybridized carbons (Fsp3) is 0.412. The van der Waals surface area contributed by atoms with Gasteiger partial charge in [-0.2, -0.15) is 0 Å². The van der Waals surface area contributed by atoms with Crippen molar-refractivity contribution >= 4 is 22.8 Å². The number of carbonyl (C=O) groups is 2. The van der Waals surface area contributed by atoms with E-state index >= 15 is 0 Å². The fourth-order valence-corrected chi connectivity index (χ4v) is 3.09. The molecule has 1 N–H and O–H groups in total. The van der Waals surface area contributed by atoms with Crippen LogP contribution in [0.15, 0.2) is 28.9 Å². The van der Waals surface area contributed by atoms with Gasteiger partial charge < -0.3 is 14.4 Å². The van der Waals surface area contributed by atoms with Crippen molar-refractivity contribution < 1.29 is 19.1 Å². The third-order valence-electron chi connectivity index (χ3n) is 4.49. The summed E-state index contributed by atoms with van der Waals surface area (Å²) in [6, 6.07) is 5.83. The summed E-state index contributed by atoms with van der Waals surface area (Å²) in [6.45, 7) is 4.66. The highest BCUT2D eigenvalue weighted by atomic mass is 16.4. The van der Waals surface area contributed by atoms with Gasteiger partial charge in [-0.15, -0.1) is 0 Å². The highest BCUT2D eigenvalue weighted by molar-refractivity contribution is 6.06. The van der Waals surface area contributed by atoms with Crippen LogP contribution in [-0.4, -0.2) is 35.0 Å². The smallest absolute Gasteiger partial charge is 0.308 e. The van der Waals surface area contributed by atoms with Gasteiger partial charge >= 0.3 is 5.97 Å². The molecule has 116 valence electrons. The first-order valence-electron chi connectivity index (χ1n) is 7.53. The Morgan fingerprint density at radius 2 is 2.14 bits per heavy atom. The van der Waals surface area contributed by atoms with E-state index in [2.05, 4.69) is 6.92 Å². The summed E-state index contributed by atoms with van der Waals surface area (Å²) in [5.41, 5.74) is 2.34. The predicted molar refractivity (Wildman–Crippen MR) is 81.8 cm³/mol. The molecule has 0 saturated carbocycles. The van der Waals surface area contributed by atoms with E-state index in [4.69, 9.17) is 4.42 Å². The molecule has 2 aromatic rings. The van der Waals surface area contributed by atoms with Crippen LogP contribution < -0.4 is 0 Å². The molecule has 5 nitrogen and oxygen atoms in total. The van der Waals surface area contributed by atoms with Crippen molar-refractivity contribution in [3.63, 3.8) is 0 Å². The fourth-order valence-electron chi connectivity index (χ4n) is 3.09. The minimum Gasteiger partial charge on any atom is -0.481 e. The number of carboxylic acids is 1. The maximum absolute atomic E-state index is 12.7. The zero-order valence-electron chi connectivity index (χ0n) is 12.7. The van der Waals surface area contributed by atoms with Crippen LogP contribution in [0.2, 0.25) is 0 Å². The molecule has 0 radical (unpaired) electrons. The van der Waals surface area contributed by atoms with Crippen LogP contribution in [0.5, 0.6) is 0 Å². The maximum Gasteiger partial charge on any atom is 0.308 e. The molecule has 1 aliphatic heterocycles. The summed E-state index contributed by atoms with van der Waals surface area (Å²) in [7, 11) is 0. The molecular formula is C17H19NO4. The SMILES string of the molecule is CCc1ccc2occ(C(=O)N3C[C@@H](C)[C@H](C(=O)O)C3)c2c1. The second kappa shape index (κ2) is 5.48. The van der Waals surface area contributed by atoms with Crippen LogP contribution in [0.4, 0.5) is 0 Å². The Kier molecular flexibility index (Phi) is 3.64. The molecule has 0 bridgehead atoms. The van der Waals surface area contributed by atoms with E-state index in [-0.39, 0.29) is 18.4 Å². The number of likely N-dealkylation sites (tertiary alicyclic amines) is 1. The largest absolute Gasteiger partial charge is 0.481 e. The average molecular weight is 301 g/mol. The predicted octanol–water partition coefficient (Wildman–Crippen LogP) is 2.79. The molecule has 1 amide bonds. The van der Waals surface area contributed by atoms with Crippen molar-refractivity contribution in [3.8, 4) is 0 Å². The molecule has 0 aliphatic carbocycles. The number of amides is 1.